The molecule has 0 aliphatic carbocycles. The number of hydrogen-bond acceptors (Lipinski definition) is 3. The van der Waals surface area contributed by atoms with Crippen LogP contribution in [-0.2, 0) is 13.5 Å². The van der Waals surface area contributed by atoms with Gasteiger partial charge in [-0.05, 0) is 30.7 Å². The Morgan fingerprint density at radius 3 is 2.11 bits per heavy atom. The Kier molecular flexibility index (Phi) is 3.89. The van der Waals surface area contributed by atoms with Gasteiger partial charge in [0.2, 0.25) is 0 Å². The first kappa shape index (κ1) is 16.8. The molecule has 1 aliphatic rings. The molecule has 2 amide bonds. The summed E-state index contributed by atoms with van der Waals surface area (Å²) >= 11 is 0. The molecule has 132 valence electrons. The lowest BCUT2D eigenvalue weighted by molar-refractivity contribution is 0.0924. The first-order valence-electron chi connectivity index (χ1n) is 8.67. The van der Waals surface area contributed by atoms with Gasteiger partial charge in [-0.1, -0.05) is 37.1 Å². The Morgan fingerprint density at radius 1 is 1.00 bits per heavy atom. The molecule has 3 aromatic rings. The lowest BCUT2D eigenvalue weighted by Gasteiger charge is -2.12. The number of hydrogen-bond donors (Lipinski definition) is 0. The van der Waals surface area contributed by atoms with E-state index in [1.54, 1.807) is 28.9 Å². The Hall–Kier alpha value is -3.65. The first-order valence-corrected chi connectivity index (χ1v) is 8.67. The minimum atomic E-state index is -0.336. The van der Waals surface area contributed by atoms with Gasteiger partial charge in [0.1, 0.15) is 0 Å². The van der Waals surface area contributed by atoms with Gasteiger partial charge in [-0.15, -0.1) is 6.42 Å². The second-order valence-corrected chi connectivity index (χ2v) is 6.34. The van der Waals surface area contributed by atoms with E-state index in [2.05, 4.69) is 11.0 Å². The number of aryl methyl sites for hydroxylation is 1. The Labute approximate surface area is 157 Å². The second kappa shape index (κ2) is 6.26. The predicted molar refractivity (Wildman–Crippen MR) is 104 cm³/mol. The summed E-state index contributed by atoms with van der Waals surface area (Å²) in [4.78, 5) is 26.9. The van der Waals surface area contributed by atoms with Crippen LogP contribution in [0.15, 0.2) is 48.5 Å². The molecule has 0 radical (unpaired) electrons. The van der Waals surface area contributed by atoms with Crippen molar-refractivity contribution < 1.29 is 9.59 Å². The molecule has 2 aromatic carbocycles. The van der Waals surface area contributed by atoms with E-state index in [0.717, 1.165) is 22.4 Å². The van der Waals surface area contributed by atoms with Crippen molar-refractivity contribution >= 4 is 17.6 Å². The second-order valence-electron chi connectivity index (χ2n) is 6.34. The zero-order valence-electron chi connectivity index (χ0n) is 15.1. The number of benzene rings is 2. The van der Waals surface area contributed by atoms with Crippen molar-refractivity contribution in [2.45, 2.75) is 13.3 Å². The maximum Gasteiger partial charge on any atom is 0.267 e. The van der Waals surface area contributed by atoms with E-state index in [1.807, 2.05) is 38.2 Å². The van der Waals surface area contributed by atoms with Crippen LogP contribution in [0.4, 0.5) is 5.82 Å². The first-order chi connectivity index (χ1) is 13.1. The van der Waals surface area contributed by atoms with Crippen LogP contribution in [0.5, 0.6) is 0 Å². The van der Waals surface area contributed by atoms with E-state index < -0.39 is 0 Å². The van der Waals surface area contributed by atoms with Crippen LogP contribution in [0.3, 0.4) is 0 Å². The lowest BCUT2D eigenvalue weighted by Crippen LogP contribution is -2.30. The van der Waals surface area contributed by atoms with Crippen molar-refractivity contribution in [1.82, 2.24) is 9.78 Å². The summed E-state index contributed by atoms with van der Waals surface area (Å²) in [5, 5.41) is 4.53. The SMILES string of the molecule is C#Cc1ccc(-c2c(CC)c(N3C(=O)c4ccccc4C3=O)nn2C)cc1. The Balaban J connectivity index is 1.85. The fourth-order valence-electron chi connectivity index (χ4n) is 3.53. The third-order valence-corrected chi connectivity index (χ3v) is 4.81. The van der Waals surface area contributed by atoms with Crippen LogP contribution in [0.1, 0.15) is 38.8 Å². The quantitative estimate of drug-likeness (QED) is 0.534. The highest BCUT2D eigenvalue weighted by molar-refractivity contribution is 6.34. The van der Waals surface area contributed by atoms with Gasteiger partial charge in [0.25, 0.3) is 11.8 Å². The van der Waals surface area contributed by atoms with Gasteiger partial charge in [0, 0.05) is 23.7 Å². The third kappa shape index (κ3) is 2.46. The van der Waals surface area contributed by atoms with Gasteiger partial charge in [-0.3, -0.25) is 14.3 Å². The molecule has 0 N–H and O–H groups in total. The van der Waals surface area contributed by atoms with Gasteiger partial charge in [0.15, 0.2) is 5.82 Å². The predicted octanol–water partition coefficient (Wildman–Crippen LogP) is 3.43. The molecular formula is C22H17N3O2. The molecular weight excluding hydrogens is 338 g/mol. The number of carbonyl (C=O) groups excluding carboxylic acids is 2. The third-order valence-electron chi connectivity index (χ3n) is 4.81. The van der Waals surface area contributed by atoms with Crippen molar-refractivity contribution in [3.8, 4) is 23.6 Å². The average Bonchev–Trinajstić information content (AvgIpc) is 3.15. The molecule has 2 heterocycles. The van der Waals surface area contributed by atoms with E-state index in [9.17, 15) is 9.59 Å². The minimum Gasteiger partial charge on any atom is -0.268 e. The van der Waals surface area contributed by atoms with E-state index >= 15 is 0 Å². The summed E-state index contributed by atoms with van der Waals surface area (Å²) in [6.45, 7) is 1.98. The lowest BCUT2D eigenvalue weighted by atomic mass is 10.0. The van der Waals surface area contributed by atoms with Crippen LogP contribution in [0.2, 0.25) is 0 Å². The molecule has 1 aliphatic heterocycles. The maximum atomic E-state index is 12.9. The molecule has 1 aromatic heterocycles. The normalized spacial score (nSPS) is 13.0. The zero-order valence-corrected chi connectivity index (χ0v) is 15.1. The van der Waals surface area contributed by atoms with Crippen molar-refractivity contribution in [2.24, 2.45) is 7.05 Å². The fourth-order valence-corrected chi connectivity index (χ4v) is 3.53. The highest BCUT2D eigenvalue weighted by Crippen LogP contribution is 2.35. The number of amides is 2. The number of nitrogens with zero attached hydrogens (tertiary/aromatic N) is 3. The van der Waals surface area contributed by atoms with Gasteiger partial charge < -0.3 is 0 Å². The maximum absolute atomic E-state index is 12.9. The van der Waals surface area contributed by atoms with Gasteiger partial charge in [0.05, 0.1) is 16.8 Å². The van der Waals surface area contributed by atoms with Crippen LogP contribution < -0.4 is 4.90 Å². The van der Waals surface area contributed by atoms with Crippen molar-refractivity contribution in [3.05, 3.63) is 70.8 Å². The Morgan fingerprint density at radius 2 is 1.59 bits per heavy atom. The van der Waals surface area contributed by atoms with Gasteiger partial charge in [-0.2, -0.15) is 5.10 Å². The molecule has 27 heavy (non-hydrogen) atoms. The zero-order chi connectivity index (χ0) is 19.1. The van der Waals surface area contributed by atoms with Crippen molar-refractivity contribution in [2.75, 3.05) is 4.90 Å². The van der Waals surface area contributed by atoms with Crippen LogP contribution >= 0.6 is 0 Å². The van der Waals surface area contributed by atoms with Crippen molar-refractivity contribution in [1.29, 1.82) is 0 Å². The van der Waals surface area contributed by atoms with Gasteiger partial charge in [-0.25, -0.2) is 4.90 Å². The fraction of sp³-hybridized carbons (Fsp3) is 0.136. The topological polar surface area (TPSA) is 55.2 Å². The number of imide groups is 1. The summed E-state index contributed by atoms with van der Waals surface area (Å²) in [7, 11) is 1.81. The smallest absolute Gasteiger partial charge is 0.267 e. The summed E-state index contributed by atoms with van der Waals surface area (Å²) in [6, 6.07) is 14.4. The van der Waals surface area contributed by atoms with E-state index in [-0.39, 0.29) is 11.8 Å². The van der Waals surface area contributed by atoms with Crippen LogP contribution in [0.25, 0.3) is 11.3 Å². The Bertz CT molecular complexity index is 1080. The number of aromatic nitrogens is 2. The molecule has 0 atom stereocenters. The summed E-state index contributed by atoms with van der Waals surface area (Å²) in [6.07, 6.45) is 6.06. The molecule has 5 heteroatoms. The summed E-state index contributed by atoms with van der Waals surface area (Å²) < 4.78 is 1.71. The van der Waals surface area contributed by atoms with Crippen molar-refractivity contribution in [3.63, 3.8) is 0 Å². The van der Waals surface area contributed by atoms with E-state index in [0.29, 0.717) is 23.4 Å². The number of anilines is 1. The largest absolute Gasteiger partial charge is 0.268 e. The molecule has 0 spiro atoms. The van der Waals surface area contributed by atoms with E-state index in [4.69, 9.17) is 6.42 Å². The number of fused-ring (bicyclic) bond motifs is 1. The monoisotopic (exact) mass is 355 g/mol. The summed E-state index contributed by atoms with van der Waals surface area (Å²) in [5.41, 5.74) is 4.27. The molecule has 0 fully saturated rings. The summed E-state index contributed by atoms with van der Waals surface area (Å²) in [5.74, 6) is 2.32. The average molecular weight is 355 g/mol. The van der Waals surface area contributed by atoms with Crippen LogP contribution in [0, 0.1) is 12.3 Å². The molecule has 0 bridgehead atoms. The van der Waals surface area contributed by atoms with Gasteiger partial charge >= 0.3 is 0 Å². The number of rotatable bonds is 3. The minimum absolute atomic E-state index is 0.336. The van der Waals surface area contributed by atoms with Crippen LogP contribution in [-0.4, -0.2) is 21.6 Å². The highest BCUT2D eigenvalue weighted by Gasteiger charge is 2.39. The molecule has 0 saturated heterocycles. The number of carbonyl (C=O) groups is 2. The standard InChI is InChI=1S/C22H17N3O2/c1-4-14-10-12-15(13-11-14)19-16(5-2)20(23-24(19)3)25-21(26)17-8-6-7-9-18(17)22(25)27/h1,6-13H,5H2,2-3H3. The molecule has 4 rings (SSSR count). The highest BCUT2D eigenvalue weighted by atomic mass is 16.2. The number of terminal acetylenes is 1. The van der Waals surface area contributed by atoms with E-state index in [1.165, 1.54) is 4.90 Å². The molecule has 5 nitrogen and oxygen atoms in total. The molecule has 0 unspecified atom stereocenters. The molecule has 0 saturated carbocycles.